The van der Waals surface area contributed by atoms with E-state index in [1.54, 1.807) is 0 Å². The Kier molecular flexibility index (Phi) is 4.77. The Balaban J connectivity index is 1.60. The molecule has 0 radical (unpaired) electrons. The average Bonchev–Trinajstić information content (AvgIpc) is 3.15. The summed E-state index contributed by atoms with van der Waals surface area (Å²) in [5.41, 5.74) is 1.21. The number of benzene rings is 3. The lowest BCUT2D eigenvalue weighted by Crippen LogP contribution is -2.13. The molecule has 0 aliphatic carbocycles. The summed E-state index contributed by atoms with van der Waals surface area (Å²) in [7, 11) is 0. The van der Waals surface area contributed by atoms with Crippen molar-refractivity contribution in [3.05, 3.63) is 86.7 Å². The van der Waals surface area contributed by atoms with Crippen molar-refractivity contribution in [3.8, 4) is 11.3 Å². The molecule has 6 nitrogen and oxygen atoms in total. The first-order valence-electron chi connectivity index (χ1n) is 8.21. The SMILES string of the molecule is O=C(Nc1nc(-c2ccc3ccccc3c2)cs1)c1cc(Cl)ccc1[N+](=O)[O-]. The van der Waals surface area contributed by atoms with Gasteiger partial charge in [0.2, 0.25) is 0 Å². The Hall–Kier alpha value is -3.29. The van der Waals surface area contributed by atoms with Crippen LogP contribution in [-0.2, 0) is 0 Å². The number of nitro benzene ring substituents is 1. The van der Waals surface area contributed by atoms with Crippen LogP contribution in [0.4, 0.5) is 10.8 Å². The van der Waals surface area contributed by atoms with Gasteiger partial charge in [0.25, 0.3) is 11.6 Å². The Morgan fingerprint density at radius 3 is 2.64 bits per heavy atom. The number of halogens is 1. The highest BCUT2D eigenvalue weighted by molar-refractivity contribution is 7.14. The Morgan fingerprint density at radius 1 is 1.07 bits per heavy atom. The number of hydrogen-bond acceptors (Lipinski definition) is 5. The van der Waals surface area contributed by atoms with Gasteiger partial charge in [0, 0.05) is 22.0 Å². The molecule has 0 fully saturated rings. The maximum atomic E-state index is 12.5. The zero-order chi connectivity index (χ0) is 19.7. The number of carbonyl (C=O) groups is 1. The summed E-state index contributed by atoms with van der Waals surface area (Å²) in [5, 5.41) is 18.4. The molecule has 4 aromatic rings. The second-order valence-electron chi connectivity index (χ2n) is 5.97. The molecule has 0 unspecified atom stereocenters. The Morgan fingerprint density at radius 2 is 1.86 bits per heavy atom. The number of rotatable bonds is 4. The molecule has 0 bridgehead atoms. The molecule has 138 valence electrons. The summed E-state index contributed by atoms with van der Waals surface area (Å²) in [6.07, 6.45) is 0. The molecule has 1 heterocycles. The molecule has 8 heteroatoms. The first-order valence-corrected chi connectivity index (χ1v) is 9.47. The van der Waals surface area contributed by atoms with Gasteiger partial charge in [0.1, 0.15) is 5.56 Å². The number of nitro groups is 1. The van der Waals surface area contributed by atoms with E-state index >= 15 is 0 Å². The first kappa shape index (κ1) is 18.1. The Labute approximate surface area is 168 Å². The van der Waals surface area contributed by atoms with E-state index in [0.29, 0.717) is 10.8 Å². The number of carbonyl (C=O) groups excluding carboxylic acids is 1. The highest BCUT2D eigenvalue weighted by Crippen LogP contribution is 2.29. The van der Waals surface area contributed by atoms with Crippen molar-refractivity contribution in [2.45, 2.75) is 0 Å². The minimum atomic E-state index is -0.631. The number of nitrogens with zero attached hydrogens (tertiary/aromatic N) is 2. The lowest BCUT2D eigenvalue weighted by atomic mass is 10.1. The summed E-state index contributed by atoms with van der Waals surface area (Å²) in [6, 6.07) is 17.9. The number of fused-ring (bicyclic) bond motifs is 1. The van der Waals surface area contributed by atoms with E-state index in [2.05, 4.69) is 10.3 Å². The van der Waals surface area contributed by atoms with Crippen molar-refractivity contribution in [1.82, 2.24) is 4.98 Å². The van der Waals surface area contributed by atoms with Crippen LogP contribution in [0, 0.1) is 10.1 Å². The maximum absolute atomic E-state index is 12.5. The monoisotopic (exact) mass is 409 g/mol. The molecule has 1 N–H and O–H groups in total. The van der Waals surface area contributed by atoms with Crippen molar-refractivity contribution < 1.29 is 9.72 Å². The van der Waals surface area contributed by atoms with E-state index in [1.807, 2.05) is 47.8 Å². The van der Waals surface area contributed by atoms with Gasteiger partial charge >= 0.3 is 0 Å². The van der Waals surface area contributed by atoms with E-state index in [4.69, 9.17) is 11.6 Å². The molecular weight excluding hydrogens is 398 g/mol. The Bertz CT molecular complexity index is 1220. The summed E-state index contributed by atoms with van der Waals surface area (Å²) < 4.78 is 0. The van der Waals surface area contributed by atoms with Crippen molar-refractivity contribution in [2.24, 2.45) is 0 Å². The minimum absolute atomic E-state index is 0.111. The lowest BCUT2D eigenvalue weighted by Gasteiger charge is -2.04. The largest absolute Gasteiger partial charge is 0.298 e. The third-order valence-corrected chi connectivity index (χ3v) is 5.16. The smallest absolute Gasteiger partial charge is 0.282 e. The normalized spacial score (nSPS) is 10.8. The van der Waals surface area contributed by atoms with Gasteiger partial charge in [-0.25, -0.2) is 4.98 Å². The fourth-order valence-corrected chi connectivity index (χ4v) is 3.71. The number of amides is 1. The van der Waals surface area contributed by atoms with E-state index in [9.17, 15) is 14.9 Å². The van der Waals surface area contributed by atoms with Crippen molar-refractivity contribution in [3.63, 3.8) is 0 Å². The molecule has 4 rings (SSSR count). The van der Waals surface area contributed by atoms with E-state index in [1.165, 1.54) is 29.5 Å². The van der Waals surface area contributed by atoms with Crippen LogP contribution in [0.15, 0.2) is 66.0 Å². The van der Waals surface area contributed by atoms with E-state index in [0.717, 1.165) is 16.3 Å². The van der Waals surface area contributed by atoms with E-state index < -0.39 is 10.8 Å². The number of nitrogens with one attached hydrogen (secondary N) is 1. The summed E-state index contributed by atoms with van der Waals surface area (Å²) in [4.78, 5) is 27.5. The maximum Gasteiger partial charge on any atom is 0.282 e. The molecule has 1 amide bonds. The first-order chi connectivity index (χ1) is 13.5. The van der Waals surface area contributed by atoms with Gasteiger partial charge in [-0.05, 0) is 29.0 Å². The summed E-state index contributed by atoms with van der Waals surface area (Å²) >= 11 is 7.13. The van der Waals surface area contributed by atoms with E-state index in [-0.39, 0.29) is 16.3 Å². The summed E-state index contributed by atoms with van der Waals surface area (Å²) in [5.74, 6) is -0.631. The van der Waals surface area contributed by atoms with Gasteiger partial charge in [0.15, 0.2) is 5.13 Å². The van der Waals surface area contributed by atoms with Crippen LogP contribution in [0.3, 0.4) is 0 Å². The third-order valence-electron chi connectivity index (χ3n) is 4.17. The van der Waals surface area contributed by atoms with Crippen LogP contribution in [0.2, 0.25) is 5.02 Å². The average molecular weight is 410 g/mol. The van der Waals surface area contributed by atoms with Crippen LogP contribution in [0.5, 0.6) is 0 Å². The topological polar surface area (TPSA) is 85.1 Å². The van der Waals surface area contributed by atoms with Gasteiger partial charge in [-0.2, -0.15) is 0 Å². The highest BCUT2D eigenvalue weighted by Gasteiger charge is 2.21. The molecule has 28 heavy (non-hydrogen) atoms. The molecule has 0 atom stereocenters. The summed E-state index contributed by atoms with van der Waals surface area (Å²) in [6.45, 7) is 0. The quantitative estimate of drug-likeness (QED) is 0.342. The van der Waals surface area contributed by atoms with Crippen LogP contribution < -0.4 is 5.32 Å². The minimum Gasteiger partial charge on any atom is -0.298 e. The van der Waals surface area contributed by atoms with Crippen LogP contribution in [0.25, 0.3) is 22.0 Å². The van der Waals surface area contributed by atoms with Crippen molar-refractivity contribution in [2.75, 3.05) is 5.32 Å². The fraction of sp³-hybridized carbons (Fsp3) is 0. The van der Waals surface area contributed by atoms with Crippen LogP contribution in [-0.4, -0.2) is 15.8 Å². The van der Waals surface area contributed by atoms with Gasteiger partial charge < -0.3 is 0 Å². The zero-order valence-corrected chi connectivity index (χ0v) is 15.8. The second kappa shape index (κ2) is 7.38. The van der Waals surface area contributed by atoms with Crippen molar-refractivity contribution in [1.29, 1.82) is 0 Å². The van der Waals surface area contributed by atoms with Gasteiger partial charge in [0.05, 0.1) is 10.6 Å². The molecular formula is C20H12ClN3O3S. The predicted molar refractivity (Wildman–Crippen MR) is 111 cm³/mol. The number of thiazole rings is 1. The highest BCUT2D eigenvalue weighted by atomic mass is 35.5. The van der Waals surface area contributed by atoms with Crippen LogP contribution >= 0.6 is 22.9 Å². The third kappa shape index (κ3) is 3.58. The molecule has 0 aliphatic heterocycles. The van der Waals surface area contributed by atoms with Crippen molar-refractivity contribution >= 4 is 50.4 Å². The number of aromatic nitrogens is 1. The van der Waals surface area contributed by atoms with Gasteiger partial charge in [-0.3, -0.25) is 20.2 Å². The zero-order valence-electron chi connectivity index (χ0n) is 14.3. The number of anilines is 1. The standard InChI is InChI=1S/C20H12ClN3O3S/c21-15-7-8-18(24(26)27)16(10-15)19(25)23-20-22-17(11-28-20)14-6-5-12-3-1-2-4-13(12)9-14/h1-11H,(H,22,23,25). The fourth-order valence-electron chi connectivity index (χ4n) is 2.83. The second-order valence-corrected chi connectivity index (χ2v) is 7.27. The van der Waals surface area contributed by atoms with Crippen LogP contribution in [0.1, 0.15) is 10.4 Å². The molecule has 0 aliphatic rings. The number of hydrogen-bond donors (Lipinski definition) is 1. The molecule has 0 saturated carbocycles. The molecule has 1 aromatic heterocycles. The lowest BCUT2D eigenvalue weighted by molar-refractivity contribution is -0.385. The molecule has 3 aromatic carbocycles. The van der Waals surface area contributed by atoms with Gasteiger partial charge in [-0.15, -0.1) is 11.3 Å². The molecule has 0 spiro atoms. The van der Waals surface area contributed by atoms with Gasteiger partial charge in [-0.1, -0.05) is 48.0 Å². The molecule has 0 saturated heterocycles. The predicted octanol–water partition coefficient (Wildman–Crippen LogP) is 5.78.